The number of benzene rings is 2. The number of hydrogen-bond acceptors (Lipinski definition) is 3. The molecule has 26 heavy (non-hydrogen) atoms. The van der Waals surface area contributed by atoms with Crippen LogP contribution in [-0.4, -0.2) is 23.6 Å². The third kappa shape index (κ3) is 4.61. The first kappa shape index (κ1) is 18.4. The number of aryl methyl sites for hydroxylation is 1. The fourth-order valence-electron chi connectivity index (χ4n) is 3.34. The van der Waals surface area contributed by atoms with E-state index >= 15 is 0 Å². The molecule has 0 radical (unpaired) electrons. The lowest BCUT2D eigenvalue weighted by Gasteiger charge is -2.35. The highest BCUT2D eigenvalue weighted by Crippen LogP contribution is 2.25. The molecule has 2 aromatic rings. The summed E-state index contributed by atoms with van der Waals surface area (Å²) in [4.78, 5) is 14.7. The molecule has 1 heterocycles. The molecule has 1 aliphatic rings. The van der Waals surface area contributed by atoms with Crippen molar-refractivity contribution in [1.29, 1.82) is 0 Å². The predicted octanol–water partition coefficient (Wildman–Crippen LogP) is 4.50. The molecule has 2 aromatic carbocycles. The number of amides is 1. The van der Waals surface area contributed by atoms with Crippen molar-refractivity contribution in [3.8, 4) is 0 Å². The normalized spacial score (nSPS) is 16.8. The minimum Gasteiger partial charge on any atom is -0.369 e. The van der Waals surface area contributed by atoms with Gasteiger partial charge in [-0.25, -0.2) is 0 Å². The van der Waals surface area contributed by atoms with Gasteiger partial charge in [-0.2, -0.15) is 0 Å². The summed E-state index contributed by atoms with van der Waals surface area (Å²) in [7, 11) is 0. The zero-order valence-electron chi connectivity index (χ0n) is 15.3. The Balaban J connectivity index is 1.58. The Morgan fingerprint density at radius 3 is 2.62 bits per heavy atom. The molecule has 0 saturated carbocycles. The van der Waals surface area contributed by atoms with Crippen LogP contribution in [0.25, 0.3) is 0 Å². The topological polar surface area (TPSA) is 44.4 Å². The maximum atomic E-state index is 12.2. The van der Waals surface area contributed by atoms with Gasteiger partial charge in [0.25, 0.3) is 5.91 Å². The van der Waals surface area contributed by atoms with E-state index in [1.54, 1.807) is 6.07 Å². The molecule has 4 nitrogen and oxygen atoms in total. The maximum absolute atomic E-state index is 12.2. The number of anilines is 2. The Hall–Kier alpha value is -2.40. The number of nitrogens with one attached hydrogen (secondary N) is 2. The fourth-order valence-corrected chi connectivity index (χ4v) is 3.55. The first-order chi connectivity index (χ1) is 12.5. The van der Waals surface area contributed by atoms with Crippen molar-refractivity contribution in [3.63, 3.8) is 0 Å². The SMILES string of the molecule is Cc1cccc(C(=O)NC(=S)Nc2ccc(N3CCCC[C@@H]3C)cc2)c1. The summed E-state index contributed by atoms with van der Waals surface area (Å²) in [6, 6.07) is 16.2. The van der Waals surface area contributed by atoms with Gasteiger partial charge in [-0.3, -0.25) is 10.1 Å². The quantitative estimate of drug-likeness (QED) is 0.784. The largest absolute Gasteiger partial charge is 0.369 e. The molecule has 1 saturated heterocycles. The van der Waals surface area contributed by atoms with Gasteiger partial charge in [0.2, 0.25) is 0 Å². The number of rotatable bonds is 3. The van der Waals surface area contributed by atoms with Gasteiger partial charge < -0.3 is 10.2 Å². The number of nitrogens with zero attached hydrogens (tertiary/aromatic N) is 1. The van der Waals surface area contributed by atoms with Crippen molar-refractivity contribution in [2.75, 3.05) is 16.8 Å². The van der Waals surface area contributed by atoms with Crippen LogP contribution in [0, 0.1) is 6.92 Å². The van der Waals surface area contributed by atoms with E-state index in [1.165, 1.54) is 24.9 Å². The van der Waals surface area contributed by atoms with Gasteiger partial charge in [-0.15, -0.1) is 0 Å². The van der Waals surface area contributed by atoms with E-state index in [-0.39, 0.29) is 5.91 Å². The van der Waals surface area contributed by atoms with Gasteiger partial charge in [-0.05, 0) is 81.7 Å². The zero-order chi connectivity index (χ0) is 18.5. The summed E-state index contributed by atoms with van der Waals surface area (Å²) in [6.45, 7) is 5.35. The lowest BCUT2D eigenvalue weighted by atomic mass is 10.0. The van der Waals surface area contributed by atoms with E-state index < -0.39 is 0 Å². The zero-order valence-corrected chi connectivity index (χ0v) is 16.1. The number of hydrogen-bond donors (Lipinski definition) is 2. The predicted molar refractivity (Wildman–Crippen MR) is 112 cm³/mol. The van der Waals surface area contributed by atoms with Crippen LogP contribution in [0.2, 0.25) is 0 Å². The summed E-state index contributed by atoms with van der Waals surface area (Å²) >= 11 is 5.27. The van der Waals surface area contributed by atoms with Crippen LogP contribution in [0.1, 0.15) is 42.1 Å². The molecule has 0 aliphatic carbocycles. The number of carbonyl (C=O) groups excluding carboxylic acids is 1. The minimum absolute atomic E-state index is 0.204. The third-order valence-electron chi connectivity index (χ3n) is 4.77. The smallest absolute Gasteiger partial charge is 0.257 e. The molecule has 3 rings (SSSR count). The average molecular weight is 368 g/mol. The molecule has 0 spiro atoms. The van der Waals surface area contributed by atoms with E-state index in [2.05, 4.69) is 34.6 Å². The van der Waals surface area contributed by atoms with Gasteiger partial charge in [0, 0.05) is 29.5 Å². The highest BCUT2D eigenvalue weighted by Gasteiger charge is 2.18. The van der Waals surface area contributed by atoms with Crippen molar-refractivity contribution in [2.45, 2.75) is 39.2 Å². The summed E-state index contributed by atoms with van der Waals surface area (Å²) in [5.74, 6) is -0.204. The molecule has 1 amide bonds. The van der Waals surface area contributed by atoms with E-state index in [0.29, 0.717) is 16.7 Å². The van der Waals surface area contributed by atoms with Crippen molar-refractivity contribution < 1.29 is 4.79 Å². The molecular formula is C21H25N3OS. The molecular weight excluding hydrogens is 342 g/mol. The van der Waals surface area contributed by atoms with Crippen LogP contribution in [0.4, 0.5) is 11.4 Å². The summed E-state index contributed by atoms with van der Waals surface area (Å²) < 4.78 is 0. The van der Waals surface area contributed by atoms with Gasteiger partial charge in [0.05, 0.1) is 0 Å². The molecule has 1 fully saturated rings. The van der Waals surface area contributed by atoms with Crippen LogP contribution < -0.4 is 15.5 Å². The lowest BCUT2D eigenvalue weighted by Crippen LogP contribution is -2.37. The molecule has 136 valence electrons. The summed E-state index contributed by atoms with van der Waals surface area (Å²) in [5.41, 5.74) is 3.74. The second-order valence-corrected chi connectivity index (χ2v) is 7.27. The lowest BCUT2D eigenvalue weighted by molar-refractivity contribution is 0.0977. The van der Waals surface area contributed by atoms with Crippen molar-refractivity contribution in [1.82, 2.24) is 5.32 Å². The Morgan fingerprint density at radius 2 is 1.92 bits per heavy atom. The van der Waals surface area contributed by atoms with E-state index in [1.807, 2.05) is 37.3 Å². The van der Waals surface area contributed by atoms with Crippen LogP contribution >= 0.6 is 12.2 Å². The minimum atomic E-state index is -0.204. The fraction of sp³-hybridized carbons (Fsp3) is 0.333. The Labute approximate surface area is 160 Å². The Bertz CT molecular complexity index is 788. The Morgan fingerprint density at radius 1 is 1.15 bits per heavy atom. The molecule has 0 aromatic heterocycles. The van der Waals surface area contributed by atoms with Gasteiger partial charge in [-0.1, -0.05) is 17.7 Å². The van der Waals surface area contributed by atoms with Crippen LogP contribution in [-0.2, 0) is 0 Å². The molecule has 2 N–H and O–H groups in total. The monoisotopic (exact) mass is 367 g/mol. The highest BCUT2D eigenvalue weighted by atomic mass is 32.1. The second-order valence-electron chi connectivity index (χ2n) is 6.86. The number of piperidine rings is 1. The Kier molecular flexibility index (Phi) is 5.89. The molecule has 5 heteroatoms. The standard InChI is InChI=1S/C21H25N3OS/c1-15-6-5-8-17(14-15)20(25)23-21(26)22-18-9-11-19(12-10-18)24-13-4-3-7-16(24)2/h5-6,8-12,14,16H,3-4,7,13H2,1-2H3,(H2,22,23,25,26)/t16-/m0/s1. The van der Waals surface area contributed by atoms with Crippen molar-refractivity contribution in [2.24, 2.45) is 0 Å². The van der Waals surface area contributed by atoms with Gasteiger partial charge in [0.15, 0.2) is 5.11 Å². The summed E-state index contributed by atoms with van der Waals surface area (Å²) in [5, 5.41) is 6.11. The van der Waals surface area contributed by atoms with Gasteiger partial charge in [0.1, 0.15) is 0 Å². The number of carbonyl (C=O) groups is 1. The first-order valence-corrected chi connectivity index (χ1v) is 9.49. The van der Waals surface area contributed by atoms with Crippen molar-refractivity contribution in [3.05, 3.63) is 59.7 Å². The van der Waals surface area contributed by atoms with Crippen molar-refractivity contribution >= 4 is 34.6 Å². The maximum Gasteiger partial charge on any atom is 0.257 e. The molecule has 0 unspecified atom stereocenters. The molecule has 1 aliphatic heterocycles. The van der Waals surface area contributed by atoms with Crippen LogP contribution in [0.15, 0.2) is 48.5 Å². The summed E-state index contributed by atoms with van der Waals surface area (Å²) in [6.07, 6.45) is 3.81. The first-order valence-electron chi connectivity index (χ1n) is 9.08. The second kappa shape index (κ2) is 8.32. The van der Waals surface area contributed by atoms with Crippen LogP contribution in [0.5, 0.6) is 0 Å². The van der Waals surface area contributed by atoms with E-state index in [9.17, 15) is 4.79 Å². The van der Waals surface area contributed by atoms with E-state index in [0.717, 1.165) is 17.8 Å². The number of thiocarbonyl (C=S) groups is 1. The van der Waals surface area contributed by atoms with Gasteiger partial charge >= 0.3 is 0 Å². The van der Waals surface area contributed by atoms with Crippen LogP contribution in [0.3, 0.4) is 0 Å². The molecule has 1 atom stereocenters. The average Bonchev–Trinajstić information content (AvgIpc) is 2.63. The highest BCUT2D eigenvalue weighted by molar-refractivity contribution is 7.80. The third-order valence-corrected chi connectivity index (χ3v) is 4.97. The van der Waals surface area contributed by atoms with E-state index in [4.69, 9.17) is 12.2 Å². The molecule has 0 bridgehead atoms.